The standard InChI is InChI=1S/C15H13F3N2O3/c16-15(17,18)11-6-7-12(14(8-11)20(22)23)19-13(9-21)10-4-2-1-3-5-10/h1-8,13,19,21H,9H2. The first-order chi connectivity index (χ1) is 10.8. The van der Waals surface area contributed by atoms with Gasteiger partial charge < -0.3 is 10.4 Å². The van der Waals surface area contributed by atoms with Crippen LogP contribution in [-0.4, -0.2) is 16.6 Å². The van der Waals surface area contributed by atoms with Gasteiger partial charge in [0.1, 0.15) is 5.69 Å². The third kappa shape index (κ3) is 3.98. The Morgan fingerprint density at radius 2 is 1.83 bits per heavy atom. The summed E-state index contributed by atoms with van der Waals surface area (Å²) >= 11 is 0. The Kier molecular flexibility index (Phi) is 4.85. The van der Waals surface area contributed by atoms with Crippen molar-refractivity contribution in [2.24, 2.45) is 0 Å². The van der Waals surface area contributed by atoms with Crippen molar-refractivity contribution in [3.05, 3.63) is 69.8 Å². The predicted octanol–water partition coefficient (Wildman–Crippen LogP) is 3.76. The lowest BCUT2D eigenvalue weighted by molar-refractivity contribution is -0.384. The molecule has 0 aliphatic rings. The molecule has 5 nitrogen and oxygen atoms in total. The highest BCUT2D eigenvalue weighted by Crippen LogP contribution is 2.36. The number of nitro groups is 1. The molecule has 0 saturated heterocycles. The predicted molar refractivity (Wildman–Crippen MR) is 78.0 cm³/mol. The van der Waals surface area contributed by atoms with Gasteiger partial charge in [0.2, 0.25) is 0 Å². The fourth-order valence-electron chi connectivity index (χ4n) is 2.09. The number of anilines is 1. The Morgan fingerprint density at radius 3 is 2.35 bits per heavy atom. The molecule has 2 aromatic rings. The lowest BCUT2D eigenvalue weighted by Gasteiger charge is -2.18. The van der Waals surface area contributed by atoms with Crippen molar-refractivity contribution in [1.82, 2.24) is 0 Å². The zero-order valence-electron chi connectivity index (χ0n) is 11.7. The van der Waals surface area contributed by atoms with Crippen molar-refractivity contribution >= 4 is 11.4 Å². The molecule has 0 radical (unpaired) electrons. The average molecular weight is 326 g/mol. The molecule has 2 aromatic carbocycles. The minimum Gasteiger partial charge on any atom is -0.394 e. The van der Waals surface area contributed by atoms with Crippen molar-refractivity contribution in [2.75, 3.05) is 11.9 Å². The van der Waals surface area contributed by atoms with Gasteiger partial charge in [-0.3, -0.25) is 10.1 Å². The summed E-state index contributed by atoms with van der Waals surface area (Å²) in [5.41, 5.74) is -1.24. The number of hydrogen-bond donors (Lipinski definition) is 2. The molecule has 0 spiro atoms. The highest BCUT2D eigenvalue weighted by Gasteiger charge is 2.33. The molecule has 0 aliphatic heterocycles. The molecular formula is C15H13F3N2O3. The second kappa shape index (κ2) is 6.66. The van der Waals surface area contributed by atoms with Crippen molar-refractivity contribution in [3.63, 3.8) is 0 Å². The molecule has 0 fully saturated rings. The fraction of sp³-hybridized carbons (Fsp3) is 0.200. The Morgan fingerprint density at radius 1 is 1.17 bits per heavy atom. The molecule has 1 atom stereocenters. The molecule has 0 heterocycles. The van der Waals surface area contributed by atoms with E-state index in [1.54, 1.807) is 30.3 Å². The molecule has 1 unspecified atom stereocenters. The minimum atomic E-state index is -4.67. The fourth-order valence-corrected chi connectivity index (χ4v) is 2.09. The molecular weight excluding hydrogens is 313 g/mol. The van der Waals surface area contributed by atoms with E-state index in [1.807, 2.05) is 0 Å². The van der Waals surface area contributed by atoms with Crippen molar-refractivity contribution in [3.8, 4) is 0 Å². The van der Waals surface area contributed by atoms with Crippen LogP contribution in [0, 0.1) is 10.1 Å². The van der Waals surface area contributed by atoms with E-state index in [0.717, 1.165) is 12.1 Å². The molecule has 0 amide bonds. The second-order valence-electron chi connectivity index (χ2n) is 4.78. The summed E-state index contributed by atoms with van der Waals surface area (Å²) in [6.07, 6.45) is -4.67. The quantitative estimate of drug-likeness (QED) is 0.648. The number of nitro benzene ring substituents is 1. The normalized spacial score (nSPS) is 12.7. The summed E-state index contributed by atoms with van der Waals surface area (Å²) in [6, 6.07) is 10.2. The van der Waals surface area contributed by atoms with E-state index < -0.39 is 28.4 Å². The monoisotopic (exact) mass is 326 g/mol. The number of nitrogens with one attached hydrogen (secondary N) is 1. The van der Waals surface area contributed by atoms with Gasteiger partial charge in [0.05, 0.1) is 23.1 Å². The van der Waals surface area contributed by atoms with Crippen molar-refractivity contribution < 1.29 is 23.2 Å². The van der Waals surface area contributed by atoms with Crippen LogP contribution in [0.4, 0.5) is 24.5 Å². The highest BCUT2D eigenvalue weighted by atomic mass is 19.4. The maximum atomic E-state index is 12.7. The number of hydrogen-bond acceptors (Lipinski definition) is 4. The van der Waals surface area contributed by atoms with E-state index in [2.05, 4.69) is 5.32 Å². The molecule has 2 N–H and O–H groups in total. The first-order valence-corrected chi connectivity index (χ1v) is 6.61. The Hall–Kier alpha value is -2.61. The zero-order chi connectivity index (χ0) is 17.0. The summed E-state index contributed by atoms with van der Waals surface area (Å²) in [5.74, 6) is 0. The van der Waals surface area contributed by atoms with Gasteiger partial charge in [0.15, 0.2) is 0 Å². The topological polar surface area (TPSA) is 75.4 Å². The first kappa shape index (κ1) is 16.8. The van der Waals surface area contributed by atoms with Gasteiger partial charge in [0.25, 0.3) is 5.69 Å². The lowest BCUT2D eigenvalue weighted by Crippen LogP contribution is -2.16. The number of aliphatic hydroxyl groups excluding tert-OH is 1. The second-order valence-corrected chi connectivity index (χ2v) is 4.78. The Bertz CT molecular complexity index is 690. The van der Waals surface area contributed by atoms with Crippen molar-refractivity contribution in [2.45, 2.75) is 12.2 Å². The summed E-state index contributed by atoms with van der Waals surface area (Å²) in [6.45, 7) is -0.373. The first-order valence-electron chi connectivity index (χ1n) is 6.61. The molecule has 8 heteroatoms. The van der Waals surface area contributed by atoms with Crippen LogP contribution < -0.4 is 5.32 Å². The number of halogens is 3. The van der Waals surface area contributed by atoms with Gasteiger partial charge in [-0.15, -0.1) is 0 Å². The number of alkyl halides is 3. The molecule has 23 heavy (non-hydrogen) atoms. The third-order valence-electron chi connectivity index (χ3n) is 3.24. The smallest absolute Gasteiger partial charge is 0.394 e. The van der Waals surface area contributed by atoms with E-state index in [-0.39, 0.29) is 12.3 Å². The molecule has 0 bridgehead atoms. The zero-order valence-corrected chi connectivity index (χ0v) is 11.7. The van der Waals surface area contributed by atoms with Gasteiger partial charge in [-0.2, -0.15) is 13.2 Å². The van der Waals surface area contributed by atoms with Crippen LogP contribution in [0.25, 0.3) is 0 Å². The maximum absolute atomic E-state index is 12.7. The van der Waals surface area contributed by atoms with Gasteiger partial charge >= 0.3 is 6.18 Å². The van der Waals surface area contributed by atoms with Gasteiger partial charge in [-0.1, -0.05) is 30.3 Å². The maximum Gasteiger partial charge on any atom is 0.416 e. The number of rotatable bonds is 5. The van der Waals surface area contributed by atoms with Crippen LogP contribution in [-0.2, 0) is 6.18 Å². The van der Waals surface area contributed by atoms with Gasteiger partial charge in [0, 0.05) is 6.07 Å². The Labute approximate surface area is 129 Å². The van der Waals surface area contributed by atoms with Gasteiger partial charge in [-0.05, 0) is 17.7 Å². The van der Waals surface area contributed by atoms with E-state index in [0.29, 0.717) is 11.6 Å². The van der Waals surface area contributed by atoms with Crippen LogP contribution in [0.2, 0.25) is 0 Å². The Balaban J connectivity index is 2.37. The average Bonchev–Trinajstić information content (AvgIpc) is 2.52. The summed E-state index contributed by atoms with van der Waals surface area (Å²) in [7, 11) is 0. The van der Waals surface area contributed by atoms with E-state index in [9.17, 15) is 28.4 Å². The number of aliphatic hydroxyl groups is 1. The molecule has 0 aliphatic carbocycles. The van der Waals surface area contributed by atoms with E-state index >= 15 is 0 Å². The van der Waals surface area contributed by atoms with Crippen LogP contribution in [0.5, 0.6) is 0 Å². The van der Waals surface area contributed by atoms with Crippen LogP contribution in [0.3, 0.4) is 0 Å². The largest absolute Gasteiger partial charge is 0.416 e. The molecule has 122 valence electrons. The van der Waals surface area contributed by atoms with Crippen LogP contribution >= 0.6 is 0 Å². The lowest BCUT2D eigenvalue weighted by atomic mass is 10.1. The minimum absolute atomic E-state index is 0.0918. The summed E-state index contributed by atoms with van der Waals surface area (Å²) in [5, 5.41) is 23.2. The SMILES string of the molecule is O=[N+]([O-])c1cc(C(F)(F)F)ccc1NC(CO)c1ccccc1. The number of benzene rings is 2. The van der Waals surface area contributed by atoms with Crippen molar-refractivity contribution in [1.29, 1.82) is 0 Å². The van der Waals surface area contributed by atoms with Crippen LogP contribution in [0.15, 0.2) is 48.5 Å². The molecule has 0 saturated carbocycles. The molecule has 0 aromatic heterocycles. The molecule has 2 rings (SSSR count). The van der Waals surface area contributed by atoms with Gasteiger partial charge in [-0.25, -0.2) is 0 Å². The third-order valence-corrected chi connectivity index (χ3v) is 3.24. The van der Waals surface area contributed by atoms with Crippen LogP contribution in [0.1, 0.15) is 17.2 Å². The summed E-state index contributed by atoms with van der Waals surface area (Å²) in [4.78, 5) is 10.2. The van der Waals surface area contributed by atoms with E-state index in [4.69, 9.17) is 0 Å². The summed E-state index contributed by atoms with van der Waals surface area (Å²) < 4.78 is 38.0. The highest BCUT2D eigenvalue weighted by molar-refractivity contribution is 5.63. The van der Waals surface area contributed by atoms with E-state index in [1.165, 1.54) is 0 Å². The number of nitrogens with zero attached hydrogens (tertiary/aromatic N) is 1.